The fraction of sp³-hybridized carbons (Fsp3) is 0.316. The molecule has 1 aliphatic rings. The van der Waals surface area contributed by atoms with E-state index in [1.54, 1.807) is 24.3 Å². The summed E-state index contributed by atoms with van der Waals surface area (Å²) in [5.41, 5.74) is 4.68. The number of benzene rings is 2. The first-order valence-corrected chi connectivity index (χ1v) is 10.1. The van der Waals surface area contributed by atoms with Crippen LogP contribution in [-0.4, -0.2) is 27.1 Å². The highest BCUT2D eigenvalue weighted by Gasteiger charge is 2.23. The molecule has 0 radical (unpaired) electrons. The lowest BCUT2D eigenvalue weighted by Crippen LogP contribution is -2.35. The van der Waals surface area contributed by atoms with Gasteiger partial charge in [-0.1, -0.05) is 29.8 Å². The highest BCUT2D eigenvalue weighted by atomic mass is 32.2. The van der Waals surface area contributed by atoms with E-state index in [4.69, 9.17) is 0 Å². The van der Waals surface area contributed by atoms with Crippen molar-refractivity contribution in [1.29, 1.82) is 0 Å². The maximum Gasteiger partial charge on any atom is 0.258 e. The zero-order valence-electron chi connectivity index (χ0n) is 14.0. The molecule has 2 aromatic carbocycles. The van der Waals surface area contributed by atoms with Crippen LogP contribution >= 0.6 is 0 Å². The highest BCUT2D eigenvalue weighted by molar-refractivity contribution is 7.89. The predicted octanol–water partition coefficient (Wildman–Crippen LogP) is 3.13. The van der Waals surface area contributed by atoms with E-state index in [0.29, 0.717) is 17.7 Å². The third kappa shape index (κ3) is 3.67. The van der Waals surface area contributed by atoms with Gasteiger partial charge in [0, 0.05) is 24.1 Å². The second kappa shape index (κ2) is 6.40. The van der Waals surface area contributed by atoms with Gasteiger partial charge in [-0.25, -0.2) is 8.42 Å². The summed E-state index contributed by atoms with van der Waals surface area (Å²) in [6.45, 7) is 2.77. The van der Waals surface area contributed by atoms with Gasteiger partial charge >= 0.3 is 0 Å². The monoisotopic (exact) mass is 343 g/mol. The van der Waals surface area contributed by atoms with Crippen LogP contribution in [0, 0.1) is 6.92 Å². The van der Waals surface area contributed by atoms with Gasteiger partial charge in [-0.3, -0.25) is 4.79 Å². The van der Waals surface area contributed by atoms with E-state index in [-0.39, 0.29) is 11.7 Å². The minimum Gasteiger partial charge on any atom is -0.308 e. The van der Waals surface area contributed by atoms with Crippen LogP contribution in [0.15, 0.2) is 42.5 Å². The van der Waals surface area contributed by atoms with Crippen molar-refractivity contribution in [3.05, 3.63) is 64.7 Å². The van der Waals surface area contributed by atoms with Crippen molar-refractivity contribution in [2.75, 3.05) is 17.7 Å². The zero-order chi connectivity index (χ0) is 17.3. The number of hydrogen-bond acceptors (Lipinski definition) is 3. The van der Waals surface area contributed by atoms with Crippen LogP contribution in [-0.2, 0) is 22.0 Å². The van der Waals surface area contributed by atoms with Crippen molar-refractivity contribution in [3.63, 3.8) is 0 Å². The Hall–Kier alpha value is -2.14. The minimum atomic E-state index is -3.07. The Morgan fingerprint density at radius 2 is 1.83 bits per heavy atom. The Morgan fingerprint density at radius 3 is 2.50 bits per heavy atom. The average Bonchev–Trinajstić information content (AvgIpc) is 2.52. The van der Waals surface area contributed by atoms with Crippen molar-refractivity contribution in [2.24, 2.45) is 0 Å². The Bertz CT molecular complexity index is 870. The molecule has 0 spiro atoms. The van der Waals surface area contributed by atoms with Crippen LogP contribution in [0.2, 0.25) is 0 Å². The first kappa shape index (κ1) is 16.7. The van der Waals surface area contributed by atoms with Crippen LogP contribution in [0.4, 0.5) is 5.69 Å². The maximum absolute atomic E-state index is 12.9. The highest BCUT2D eigenvalue weighted by Crippen LogP contribution is 2.29. The van der Waals surface area contributed by atoms with Gasteiger partial charge in [0.2, 0.25) is 0 Å². The van der Waals surface area contributed by atoms with Gasteiger partial charge in [-0.2, -0.15) is 0 Å². The Kier molecular flexibility index (Phi) is 4.45. The molecule has 1 aliphatic heterocycles. The first-order chi connectivity index (χ1) is 11.3. The summed E-state index contributed by atoms with van der Waals surface area (Å²) < 4.78 is 22.7. The third-order valence-electron chi connectivity index (χ3n) is 4.23. The first-order valence-electron chi connectivity index (χ1n) is 8.01. The van der Waals surface area contributed by atoms with Crippen molar-refractivity contribution < 1.29 is 13.2 Å². The summed E-state index contributed by atoms with van der Waals surface area (Å²) in [5, 5.41) is 0. The molecular weight excluding hydrogens is 322 g/mol. The van der Waals surface area contributed by atoms with Crippen molar-refractivity contribution in [3.8, 4) is 0 Å². The number of aryl methyl sites for hydroxylation is 2. The molecule has 1 amide bonds. The van der Waals surface area contributed by atoms with Crippen LogP contribution in [0.3, 0.4) is 0 Å². The fourth-order valence-electron chi connectivity index (χ4n) is 3.14. The quantitative estimate of drug-likeness (QED) is 0.860. The molecule has 0 saturated heterocycles. The molecule has 5 heteroatoms. The topological polar surface area (TPSA) is 54.5 Å². The van der Waals surface area contributed by atoms with E-state index < -0.39 is 9.84 Å². The Balaban J connectivity index is 1.85. The molecule has 24 heavy (non-hydrogen) atoms. The predicted molar refractivity (Wildman–Crippen MR) is 96.2 cm³/mol. The summed E-state index contributed by atoms with van der Waals surface area (Å²) >= 11 is 0. The van der Waals surface area contributed by atoms with Crippen LogP contribution in [0.5, 0.6) is 0 Å². The molecule has 0 saturated carbocycles. The molecule has 0 aliphatic carbocycles. The summed E-state index contributed by atoms with van der Waals surface area (Å²) in [5.74, 6) is -0.0430. The minimum absolute atomic E-state index is 0.00665. The van der Waals surface area contributed by atoms with E-state index in [2.05, 4.69) is 13.0 Å². The number of fused-ring (bicyclic) bond motifs is 1. The molecular formula is C19H21NO3S. The fourth-order valence-corrected chi connectivity index (χ4v) is 3.94. The number of rotatable bonds is 3. The van der Waals surface area contributed by atoms with Gasteiger partial charge in [-0.05, 0) is 49.1 Å². The molecule has 0 fully saturated rings. The molecule has 0 aromatic heterocycles. The van der Waals surface area contributed by atoms with Crippen LogP contribution in [0.25, 0.3) is 0 Å². The molecule has 126 valence electrons. The maximum atomic E-state index is 12.9. The van der Waals surface area contributed by atoms with Crippen molar-refractivity contribution >= 4 is 21.4 Å². The Labute approximate surface area is 143 Å². The second-order valence-corrected chi connectivity index (χ2v) is 8.60. The molecule has 1 heterocycles. The largest absolute Gasteiger partial charge is 0.308 e. The van der Waals surface area contributed by atoms with Gasteiger partial charge in [0.1, 0.15) is 0 Å². The standard InChI is InChI=1S/C19H21NO3S/c1-14-5-10-18-17(12-14)4-3-11-20(18)19(21)16-8-6-15(7-9-16)13-24(2,22)23/h5-10,12H,3-4,11,13H2,1-2H3. The normalized spacial score (nSPS) is 14.3. The lowest BCUT2D eigenvalue weighted by Gasteiger charge is -2.30. The van der Waals surface area contributed by atoms with E-state index >= 15 is 0 Å². The SMILES string of the molecule is Cc1ccc2c(c1)CCCN2C(=O)c1ccc(CS(C)(=O)=O)cc1. The molecule has 0 N–H and O–H groups in total. The van der Waals surface area contributed by atoms with Gasteiger partial charge in [0.25, 0.3) is 5.91 Å². The number of carbonyl (C=O) groups is 1. The smallest absolute Gasteiger partial charge is 0.258 e. The van der Waals surface area contributed by atoms with E-state index in [9.17, 15) is 13.2 Å². The number of sulfone groups is 1. The summed E-state index contributed by atoms with van der Waals surface area (Å²) in [7, 11) is -3.07. The van der Waals surface area contributed by atoms with Crippen molar-refractivity contribution in [2.45, 2.75) is 25.5 Å². The second-order valence-electron chi connectivity index (χ2n) is 6.46. The molecule has 0 atom stereocenters. The number of anilines is 1. The Morgan fingerprint density at radius 1 is 1.12 bits per heavy atom. The third-order valence-corrected chi connectivity index (χ3v) is 5.09. The van der Waals surface area contributed by atoms with E-state index in [0.717, 1.165) is 18.5 Å². The number of nitrogens with zero attached hydrogens (tertiary/aromatic N) is 1. The lowest BCUT2D eigenvalue weighted by atomic mass is 9.98. The van der Waals surface area contributed by atoms with Crippen LogP contribution in [0.1, 0.15) is 33.5 Å². The zero-order valence-corrected chi connectivity index (χ0v) is 14.8. The van der Waals surface area contributed by atoms with Gasteiger partial charge < -0.3 is 4.90 Å². The van der Waals surface area contributed by atoms with Crippen LogP contribution < -0.4 is 4.90 Å². The number of carbonyl (C=O) groups excluding carboxylic acids is 1. The van der Waals surface area contributed by atoms with Crippen molar-refractivity contribution in [1.82, 2.24) is 0 Å². The van der Waals surface area contributed by atoms with E-state index in [1.165, 1.54) is 17.4 Å². The lowest BCUT2D eigenvalue weighted by molar-refractivity contribution is 0.0985. The molecule has 4 nitrogen and oxygen atoms in total. The number of hydrogen-bond donors (Lipinski definition) is 0. The summed E-state index contributed by atoms with van der Waals surface area (Å²) in [6, 6.07) is 13.0. The van der Waals surface area contributed by atoms with Gasteiger partial charge in [0.15, 0.2) is 9.84 Å². The van der Waals surface area contributed by atoms with Gasteiger partial charge in [-0.15, -0.1) is 0 Å². The van der Waals surface area contributed by atoms with E-state index in [1.807, 2.05) is 17.0 Å². The molecule has 2 aromatic rings. The summed E-state index contributed by atoms with van der Waals surface area (Å²) in [4.78, 5) is 14.7. The molecule has 3 rings (SSSR count). The molecule has 0 bridgehead atoms. The average molecular weight is 343 g/mol. The summed E-state index contributed by atoms with van der Waals surface area (Å²) in [6.07, 6.45) is 3.15. The van der Waals surface area contributed by atoms with Gasteiger partial charge in [0.05, 0.1) is 5.75 Å². The molecule has 0 unspecified atom stereocenters. The number of amides is 1.